The van der Waals surface area contributed by atoms with Crippen molar-refractivity contribution in [2.75, 3.05) is 26.2 Å². The van der Waals surface area contributed by atoms with Crippen LogP contribution < -0.4 is 5.32 Å². The fourth-order valence-electron chi connectivity index (χ4n) is 2.97. The Morgan fingerprint density at radius 1 is 1.42 bits per heavy atom. The molecule has 0 radical (unpaired) electrons. The third kappa shape index (κ3) is 3.73. The number of aromatic nitrogens is 3. The van der Waals surface area contributed by atoms with Gasteiger partial charge >= 0.3 is 0 Å². The lowest BCUT2D eigenvalue weighted by atomic mass is 10.2. The third-order valence-electron chi connectivity index (χ3n) is 4.47. The minimum Gasteiger partial charge on any atom is -0.376 e. The van der Waals surface area contributed by atoms with Crippen LogP contribution in [0.15, 0.2) is 18.6 Å². The van der Waals surface area contributed by atoms with E-state index < -0.39 is 0 Å². The summed E-state index contributed by atoms with van der Waals surface area (Å²) in [6.07, 6.45) is 7.54. The van der Waals surface area contributed by atoms with Crippen LogP contribution in [0.5, 0.6) is 0 Å². The minimum atomic E-state index is -0.149. The second kappa shape index (κ2) is 7.72. The van der Waals surface area contributed by atoms with Gasteiger partial charge < -0.3 is 10.1 Å². The molecule has 3 heterocycles. The molecule has 2 aromatic rings. The molecular weight excluding hydrogens is 306 g/mol. The van der Waals surface area contributed by atoms with Crippen LogP contribution >= 0.6 is 0 Å². The molecule has 0 bridgehead atoms. The summed E-state index contributed by atoms with van der Waals surface area (Å²) in [5.74, 6) is -0.149. The van der Waals surface area contributed by atoms with E-state index in [9.17, 15) is 4.79 Å². The molecule has 24 heavy (non-hydrogen) atoms. The average molecular weight is 331 g/mol. The van der Waals surface area contributed by atoms with Gasteiger partial charge in [0.1, 0.15) is 5.56 Å². The Hall–Kier alpha value is -1.99. The maximum Gasteiger partial charge on any atom is 0.256 e. The monoisotopic (exact) mass is 331 g/mol. The van der Waals surface area contributed by atoms with Gasteiger partial charge in [0.15, 0.2) is 5.65 Å². The van der Waals surface area contributed by atoms with Gasteiger partial charge in [0, 0.05) is 37.7 Å². The molecule has 1 N–H and O–H groups in total. The molecule has 0 aliphatic carbocycles. The lowest BCUT2D eigenvalue weighted by Crippen LogP contribution is -2.31. The fourth-order valence-corrected chi connectivity index (χ4v) is 2.97. The lowest BCUT2D eigenvalue weighted by molar-refractivity contribution is 0.0859. The van der Waals surface area contributed by atoms with Gasteiger partial charge in [0.2, 0.25) is 0 Å². The van der Waals surface area contributed by atoms with Crippen molar-refractivity contribution in [2.45, 2.75) is 39.3 Å². The maximum atomic E-state index is 12.4. The molecule has 1 atom stereocenters. The number of ether oxygens (including phenoxy) is 1. The Morgan fingerprint density at radius 3 is 2.96 bits per heavy atom. The second-order valence-corrected chi connectivity index (χ2v) is 6.10. The van der Waals surface area contributed by atoms with Gasteiger partial charge in [-0.3, -0.25) is 9.69 Å². The van der Waals surface area contributed by atoms with Crippen LogP contribution in [0.25, 0.3) is 5.65 Å². The Balaban J connectivity index is 1.69. The van der Waals surface area contributed by atoms with Crippen molar-refractivity contribution in [3.05, 3.63) is 29.7 Å². The summed E-state index contributed by atoms with van der Waals surface area (Å²) in [5, 5.41) is 7.20. The Labute approximate surface area is 142 Å². The van der Waals surface area contributed by atoms with Crippen molar-refractivity contribution in [1.29, 1.82) is 0 Å². The van der Waals surface area contributed by atoms with Gasteiger partial charge in [-0.05, 0) is 25.9 Å². The zero-order chi connectivity index (χ0) is 16.9. The number of rotatable bonds is 7. The predicted octanol–water partition coefficient (Wildman–Crippen LogP) is 1.48. The van der Waals surface area contributed by atoms with Crippen molar-refractivity contribution in [3.8, 4) is 0 Å². The summed E-state index contributed by atoms with van der Waals surface area (Å²) in [5.41, 5.74) is 2.17. The van der Waals surface area contributed by atoms with E-state index in [0.717, 1.165) is 44.6 Å². The molecule has 0 spiro atoms. The highest BCUT2D eigenvalue weighted by Gasteiger charge is 2.19. The SMILES string of the molecule is CCN(CC)Cc1cnc2c(C(=O)NCC3CCCO3)cnn2c1. The summed E-state index contributed by atoms with van der Waals surface area (Å²) >= 11 is 0. The molecule has 130 valence electrons. The first kappa shape index (κ1) is 16.9. The largest absolute Gasteiger partial charge is 0.376 e. The van der Waals surface area contributed by atoms with E-state index >= 15 is 0 Å². The number of carbonyl (C=O) groups is 1. The molecule has 1 amide bonds. The van der Waals surface area contributed by atoms with Crippen LogP contribution in [0.3, 0.4) is 0 Å². The van der Waals surface area contributed by atoms with E-state index in [-0.39, 0.29) is 12.0 Å². The van der Waals surface area contributed by atoms with Crippen LogP contribution in [-0.4, -0.2) is 57.8 Å². The van der Waals surface area contributed by atoms with E-state index in [1.807, 2.05) is 12.4 Å². The van der Waals surface area contributed by atoms with Gasteiger partial charge in [-0.2, -0.15) is 5.10 Å². The number of carbonyl (C=O) groups excluding carboxylic acids is 1. The smallest absolute Gasteiger partial charge is 0.256 e. The van der Waals surface area contributed by atoms with Crippen LogP contribution in [-0.2, 0) is 11.3 Å². The number of nitrogens with one attached hydrogen (secondary N) is 1. The van der Waals surface area contributed by atoms with Crippen molar-refractivity contribution >= 4 is 11.6 Å². The van der Waals surface area contributed by atoms with E-state index in [4.69, 9.17) is 4.74 Å². The molecule has 7 heteroatoms. The van der Waals surface area contributed by atoms with E-state index in [1.54, 1.807) is 10.7 Å². The minimum absolute atomic E-state index is 0.129. The topological polar surface area (TPSA) is 71.8 Å². The lowest BCUT2D eigenvalue weighted by Gasteiger charge is -2.17. The summed E-state index contributed by atoms with van der Waals surface area (Å²) in [6.45, 7) is 8.41. The molecule has 1 unspecified atom stereocenters. The highest BCUT2D eigenvalue weighted by atomic mass is 16.5. The molecule has 1 aliphatic heterocycles. The van der Waals surface area contributed by atoms with E-state index in [2.05, 4.69) is 34.1 Å². The van der Waals surface area contributed by atoms with Crippen LogP contribution in [0, 0.1) is 0 Å². The molecule has 2 aromatic heterocycles. The number of amides is 1. The summed E-state index contributed by atoms with van der Waals surface area (Å²) in [4.78, 5) is 19.1. The first-order valence-corrected chi connectivity index (χ1v) is 8.65. The summed E-state index contributed by atoms with van der Waals surface area (Å²) in [6, 6.07) is 0. The highest BCUT2D eigenvalue weighted by Crippen LogP contribution is 2.13. The van der Waals surface area contributed by atoms with E-state index in [1.165, 1.54) is 0 Å². The molecule has 1 saturated heterocycles. The van der Waals surface area contributed by atoms with Gasteiger partial charge in [-0.1, -0.05) is 13.8 Å². The normalized spacial score (nSPS) is 17.7. The Bertz CT molecular complexity index is 689. The standard InChI is InChI=1S/C17H25N5O2/c1-3-21(4-2)11-13-8-18-16-15(10-20-22(16)12-13)17(23)19-9-14-6-5-7-24-14/h8,10,12,14H,3-7,9,11H2,1-2H3,(H,19,23). The Kier molecular flexibility index (Phi) is 5.42. The second-order valence-electron chi connectivity index (χ2n) is 6.10. The third-order valence-corrected chi connectivity index (χ3v) is 4.47. The Morgan fingerprint density at radius 2 is 2.25 bits per heavy atom. The summed E-state index contributed by atoms with van der Waals surface area (Å²) in [7, 11) is 0. The van der Waals surface area contributed by atoms with Gasteiger partial charge in [-0.25, -0.2) is 9.50 Å². The zero-order valence-corrected chi connectivity index (χ0v) is 14.4. The molecule has 1 fully saturated rings. The zero-order valence-electron chi connectivity index (χ0n) is 14.4. The molecule has 1 aliphatic rings. The predicted molar refractivity (Wildman–Crippen MR) is 90.9 cm³/mol. The molecule has 0 saturated carbocycles. The van der Waals surface area contributed by atoms with Gasteiger partial charge in [0.05, 0.1) is 12.3 Å². The van der Waals surface area contributed by atoms with Crippen molar-refractivity contribution in [2.24, 2.45) is 0 Å². The number of nitrogens with zero attached hydrogens (tertiary/aromatic N) is 4. The molecular formula is C17H25N5O2. The van der Waals surface area contributed by atoms with Crippen LogP contribution in [0.2, 0.25) is 0 Å². The number of hydrogen-bond acceptors (Lipinski definition) is 5. The van der Waals surface area contributed by atoms with Crippen LogP contribution in [0.1, 0.15) is 42.6 Å². The fraction of sp³-hybridized carbons (Fsp3) is 0.588. The first-order valence-electron chi connectivity index (χ1n) is 8.65. The maximum absolute atomic E-state index is 12.4. The van der Waals surface area contributed by atoms with E-state index in [0.29, 0.717) is 17.8 Å². The number of hydrogen-bond donors (Lipinski definition) is 1. The molecule has 0 aromatic carbocycles. The van der Waals surface area contributed by atoms with Crippen LogP contribution in [0.4, 0.5) is 0 Å². The quantitative estimate of drug-likeness (QED) is 0.832. The molecule has 3 rings (SSSR count). The highest BCUT2D eigenvalue weighted by molar-refractivity contribution is 5.99. The average Bonchev–Trinajstić information content (AvgIpc) is 3.26. The van der Waals surface area contributed by atoms with Crippen molar-refractivity contribution in [1.82, 2.24) is 24.8 Å². The van der Waals surface area contributed by atoms with Gasteiger partial charge in [0.25, 0.3) is 5.91 Å². The first-order chi connectivity index (χ1) is 11.7. The number of fused-ring (bicyclic) bond motifs is 1. The van der Waals surface area contributed by atoms with Gasteiger partial charge in [-0.15, -0.1) is 0 Å². The summed E-state index contributed by atoms with van der Waals surface area (Å²) < 4.78 is 7.21. The van der Waals surface area contributed by atoms with Crippen molar-refractivity contribution in [3.63, 3.8) is 0 Å². The van der Waals surface area contributed by atoms with Crippen molar-refractivity contribution < 1.29 is 9.53 Å². The molecule has 7 nitrogen and oxygen atoms in total.